The molecule has 9 nitrogen and oxygen atoms in total. The highest BCUT2D eigenvalue weighted by Crippen LogP contribution is 2.47. The van der Waals surface area contributed by atoms with Crippen LogP contribution in [-0.2, 0) is 16.1 Å². The number of carbonyl (C=O) groups is 1. The van der Waals surface area contributed by atoms with E-state index in [4.69, 9.17) is 24.3 Å². The third-order valence-corrected chi connectivity index (χ3v) is 10.0. The fourth-order valence-electron chi connectivity index (χ4n) is 6.72. The van der Waals surface area contributed by atoms with Crippen LogP contribution in [0.5, 0.6) is 11.5 Å². The third-order valence-electron chi connectivity index (χ3n) is 9.11. The molecule has 1 unspecified atom stereocenters. The van der Waals surface area contributed by atoms with Crippen LogP contribution in [0.2, 0.25) is 0 Å². The Balaban J connectivity index is 1.41. The summed E-state index contributed by atoms with van der Waals surface area (Å²) < 4.78 is 50.7. The normalized spacial score (nSPS) is 16.4. The molecule has 1 amide bonds. The molecule has 0 radical (unpaired) electrons. The van der Waals surface area contributed by atoms with Gasteiger partial charge in [0.15, 0.2) is 0 Å². The zero-order valence-electron chi connectivity index (χ0n) is 27.6. The topological polar surface area (TPSA) is 82.0 Å². The SMILES string of the molecule is C=CC(=O)N1CCn2nc(-c3nc(-c4cccc(OCC5CN(C)C5)c4)c4ccsc4c3-c3c(F)cc(F)cc3OCCOC)cc2C1C. The van der Waals surface area contributed by atoms with Crippen molar-refractivity contribution in [3.8, 4) is 45.3 Å². The molecule has 5 aromatic rings. The van der Waals surface area contributed by atoms with E-state index in [1.165, 1.54) is 30.6 Å². The van der Waals surface area contributed by atoms with Crippen molar-refractivity contribution < 1.29 is 27.8 Å². The molecule has 0 aliphatic carbocycles. The van der Waals surface area contributed by atoms with Gasteiger partial charge in [-0.25, -0.2) is 13.8 Å². The summed E-state index contributed by atoms with van der Waals surface area (Å²) in [5.41, 5.74) is 3.75. The number of methoxy groups -OCH3 is 1. The molecule has 2 aromatic carbocycles. The maximum absolute atomic E-state index is 16.1. The van der Waals surface area contributed by atoms with Gasteiger partial charge >= 0.3 is 0 Å². The quantitative estimate of drug-likeness (QED) is 0.111. The summed E-state index contributed by atoms with van der Waals surface area (Å²) in [4.78, 5) is 21.9. The van der Waals surface area contributed by atoms with Gasteiger partial charge in [0.1, 0.15) is 41.1 Å². The van der Waals surface area contributed by atoms with Gasteiger partial charge in [0.2, 0.25) is 5.91 Å². The van der Waals surface area contributed by atoms with Crippen molar-refractivity contribution in [2.45, 2.75) is 19.5 Å². The predicted molar refractivity (Wildman–Crippen MR) is 186 cm³/mol. The van der Waals surface area contributed by atoms with E-state index in [1.54, 1.807) is 4.90 Å². The molecule has 0 saturated carbocycles. The van der Waals surface area contributed by atoms with Gasteiger partial charge in [-0.2, -0.15) is 5.10 Å². The fraction of sp³-hybridized carbons (Fsp3) is 0.324. The maximum Gasteiger partial charge on any atom is 0.246 e. The first-order valence-electron chi connectivity index (χ1n) is 16.2. The van der Waals surface area contributed by atoms with E-state index in [-0.39, 0.29) is 36.5 Å². The summed E-state index contributed by atoms with van der Waals surface area (Å²) in [7, 11) is 3.63. The standard InChI is InChI=1S/C37H37F2N5O4S/c1-5-32(45)43-10-11-44-30(22(43)2)18-29(41-44)36-34(33-28(39)16-25(38)17-31(33)47-13-12-46-4)37-27(9-14-49-37)35(40-36)24-7-6-8-26(15-24)48-21-23-19-42(3)20-23/h5-9,14-18,22-23H,1,10-13,19-21H2,2-4H3. The Hall–Kier alpha value is -4.65. The number of aromatic nitrogens is 3. The lowest BCUT2D eigenvalue weighted by atomic mass is 9.96. The number of ether oxygens (including phenoxy) is 3. The van der Waals surface area contributed by atoms with Gasteiger partial charge in [-0.3, -0.25) is 9.48 Å². The molecule has 1 atom stereocenters. The highest BCUT2D eigenvalue weighted by atomic mass is 32.1. The van der Waals surface area contributed by atoms with Gasteiger partial charge in [0, 0.05) is 66.0 Å². The van der Waals surface area contributed by atoms with Gasteiger partial charge in [-0.05, 0) is 49.7 Å². The minimum absolute atomic E-state index is 0.0391. The van der Waals surface area contributed by atoms with Gasteiger partial charge < -0.3 is 24.0 Å². The molecule has 7 rings (SSSR count). The Bertz CT molecular complexity index is 2040. The minimum atomic E-state index is -0.782. The average molecular weight is 686 g/mol. The molecule has 2 aliphatic rings. The van der Waals surface area contributed by atoms with E-state index >= 15 is 4.39 Å². The Labute approximate surface area is 287 Å². The Morgan fingerprint density at radius 1 is 1.06 bits per heavy atom. The first-order chi connectivity index (χ1) is 23.7. The number of benzene rings is 2. The molecule has 49 heavy (non-hydrogen) atoms. The molecule has 12 heteroatoms. The summed E-state index contributed by atoms with van der Waals surface area (Å²) in [6.07, 6.45) is 1.31. The number of likely N-dealkylation sites (tertiary alicyclic amines) is 1. The Morgan fingerprint density at radius 2 is 1.90 bits per heavy atom. The molecule has 3 aromatic heterocycles. The summed E-state index contributed by atoms with van der Waals surface area (Å²) in [5, 5.41) is 7.69. The Kier molecular flexibility index (Phi) is 9.19. The number of thiophene rings is 1. The lowest BCUT2D eigenvalue weighted by Crippen LogP contribution is -2.46. The number of amides is 1. The molecular formula is C37H37F2N5O4S. The van der Waals surface area contributed by atoms with Gasteiger partial charge in [-0.15, -0.1) is 11.3 Å². The van der Waals surface area contributed by atoms with Crippen LogP contribution in [0, 0.1) is 17.6 Å². The monoisotopic (exact) mass is 685 g/mol. The van der Waals surface area contributed by atoms with E-state index in [1.807, 2.05) is 53.4 Å². The number of pyridine rings is 1. The predicted octanol–water partition coefficient (Wildman–Crippen LogP) is 6.83. The van der Waals surface area contributed by atoms with Crippen LogP contribution < -0.4 is 9.47 Å². The van der Waals surface area contributed by atoms with Crippen LogP contribution in [0.1, 0.15) is 18.7 Å². The van der Waals surface area contributed by atoms with Crippen LogP contribution in [0.4, 0.5) is 8.78 Å². The van der Waals surface area contributed by atoms with Crippen molar-refractivity contribution in [2.75, 3.05) is 53.6 Å². The number of rotatable bonds is 11. The van der Waals surface area contributed by atoms with E-state index in [0.29, 0.717) is 48.3 Å². The zero-order valence-corrected chi connectivity index (χ0v) is 28.4. The lowest BCUT2D eigenvalue weighted by Gasteiger charge is -2.35. The summed E-state index contributed by atoms with van der Waals surface area (Å²) >= 11 is 1.43. The third kappa shape index (κ3) is 6.31. The smallest absolute Gasteiger partial charge is 0.246 e. The number of fused-ring (bicyclic) bond motifs is 2. The van der Waals surface area contributed by atoms with Gasteiger partial charge in [-0.1, -0.05) is 18.7 Å². The van der Waals surface area contributed by atoms with Crippen molar-refractivity contribution in [3.63, 3.8) is 0 Å². The van der Waals surface area contributed by atoms with E-state index in [2.05, 4.69) is 18.5 Å². The first-order valence-corrected chi connectivity index (χ1v) is 17.1. The highest BCUT2D eigenvalue weighted by molar-refractivity contribution is 7.18. The number of nitrogens with zero attached hydrogens (tertiary/aromatic N) is 5. The maximum atomic E-state index is 16.1. The number of carbonyl (C=O) groups excluding carboxylic acids is 1. The van der Waals surface area contributed by atoms with Crippen molar-refractivity contribution in [1.29, 1.82) is 0 Å². The largest absolute Gasteiger partial charge is 0.493 e. The molecule has 5 heterocycles. The van der Waals surface area contributed by atoms with Crippen molar-refractivity contribution in [2.24, 2.45) is 5.92 Å². The van der Waals surface area contributed by atoms with Crippen LogP contribution in [0.25, 0.3) is 43.9 Å². The summed E-state index contributed by atoms with van der Waals surface area (Å²) in [6, 6.07) is 13.4. The van der Waals surface area contributed by atoms with E-state index < -0.39 is 11.6 Å². The number of hydrogen-bond donors (Lipinski definition) is 0. The van der Waals surface area contributed by atoms with Crippen LogP contribution >= 0.6 is 11.3 Å². The second-order valence-corrected chi connectivity index (χ2v) is 13.4. The van der Waals surface area contributed by atoms with Gasteiger partial charge in [0.05, 0.1) is 42.8 Å². The zero-order chi connectivity index (χ0) is 34.2. The molecule has 0 spiro atoms. The summed E-state index contributed by atoms with van der Waals surface area (Å²) in [5.74, 6) is -0.447. The number of hydrogen-bond acceptors (Lipinski definition) is 8. The molecule has 2 aliphatic heterocycles. The molecule has 1 fully saturated rings. The second-order valence-electron chi connectivity index (χ2n) is 12.5. The fourth-order valence-corrected chi connectivity index (χ4v) is 7.67. The Morgan fingerprint density at radius 3 is 2.67 bits per heavy atom. The molecule has 254 valence electrons. The molecule has 0 bridgehead atoms. The van der Waals surface area contributed by atoms with E-state index in [0.717, 1.165) is 46.2 Å². The highest BCUT2D eigenvalue weighted by Gasteiger charge is 2.31. The minimum Gasteiger partial charge on any atom is -0.493 e. The van der Waals surface area contributed by atoms with Gasteiger partial charge in [0.25, 0.3) is 0 Å². The van der Waals surface area contributed by atoms with Crippen molar-refractivity contribution >= 4 is 27.3 Å². The second kappa shape index (κ2) is 13.7. The van der Waals surface area contributed by atoms with E-state index in [9.17, 15) is 9.18 Å². The van der Waals surface area contributed by atoms with Crippen LogP contribution in [0.3, 0.4) is 0 Å². The number of halogens is 2. The molecule has 1 saturated heterocycles. The van der Waals surface area contributed by atoms with Crippen molar-refractivity contribution in [3.05, 3.63) is 83.9 Å². The first kappa shape index (κ1) is 32.9. The summed E-state index contributed by atoms with van der Waals surface area (Å²) in [6.45, 7) is 9.49. The molecular weight excluding hydrogens is 649 g/mol. The van der Waals surface area contributed by atoms with Crippen molar-refractivity contribution in [1.82, 2.24) is 24.6 Å². The molecule has 0 N–H and O–H groups in total. The van der Waals surface area contributed by atoms with Crippen LogP contribution in [0.15, 0.2) is 66.6 Å². The van der Waals surface area contributed by atoms with Crippen LogP contribution in [-0.4, -0.2) is 84.1 Å². The average Bonchev–Trinajstić information content (AvgIpc) is 3.74. The lowest BCUT2D eigenvalue weighted by molar-refractivity contribution is -0.129.